The summed E-state index contributed by atoms with van der Waals surface area (Å²) in [4.78, 5) is 7.40. The van der Waals surface area contributed by atoms with Crippen molar-refractivity contribution in [2.45, 2.75) is 6.92 Å². The fourth-order valence-corrected chi connectivity index (χ4v) is 1.01. The Balaban J connectivity index is 3.32. The lowest BCUT2D eigenvalue weighted by atomic mass is 10.2. The van der Waals surface area contributed by atoms with Crippen molar-refractivity contribution in [2.75, 3.05) is 5.73 Å². The molecule has 1 heterocycles. The molecule has 0 unspecified atom stereocenters. The van der Waals surface area contributed by atoms with Gasteiger partial charge in [0.1, 0.15) is 17.3 Å². The van der Waals surface area contributed by atoms with E-state index in [9.17, 15) is 0 Å². The summed E-state index contributed by atoms with van der Waals surface area (Å²) < 4.78 is 0. The first kappa shape index (κ1) is 7.94. The minimum absolute atomic E-state index is 0.227. The lowest BCUT2D eigenvalue weighted by Gasteiger charge is -2.02. The van der Waals surface area contributed by atoms with Crippen molar-refractivity contribution < 1.29 is 0 Å². The number of nitrogen functional groups attached to an aromatic ring is 1. The third-order valence-electron chi connectivity index (χ3n) is 1.21. The molecule has 0 saturated carbocycles. The number of halogens is 1. The molecule has 0 aliphatic carbocycles. The van der Waals surface area contributed by atoms with Crippen LogP contribution in [0.2, 0.25) is 5.15 Å². The maximum absolute atomic E-state index is 7.27. The molecule has 0 atom stereocenters. The highest BCUT2D eigenvalue weighted by Gasteiger charge is 2.07. The third-order valence-corrected chi connectivity index (χ3v) is 1.49. The molecule has 0 bridgehead atoms. The largest absolute Gasteiger partial charge is 0.383 e. The van der Waals surface area contributed by atoms with E-state index in [-0.39, 0.29) is 16.7 Å². The highest BCUT2D eigenvalue weighted by atomic mass is 35.5. The molecule has 4 nitrogen and oxygen atoms in total. The number of nitrogens with two attached hydrogens (primary N) is 1. The molecule has 1 rings (SSSR count). The maximum atomic E-state index is 7.27. The molecule has 5 heteroatoms. The maximum Gasteiger partial charge on any atom is 0.143 e. The van der Waals surface area contributed by atoms with Gasteiger partial charge in [-0.15, -0.1) is 0 Å². The van der Waals surface area contributed by atoms with Gasteiger partial charge in [-0.2, -0.15) is 0 Å². The Bertz CT molecular complexity index is 276. The summed E-state index contributed by atoms with van der Waals surface area (Å²) in [5.74, 6) is 0.248. The van der Waals surface area contributed by atoms with Crippen LogP contribution in [0.25, 0.3) is 0 Å². The Morgan fingerprint density at radius 2 is 2.27 bits per heavy atom. The summed E-state index contributed by atoms with van der Waals surface area (Å²) in [7, 11) is 0. The second-order valence-electron chi connectivity index (χ2n) is 2.05. The van der Waals surface area contributed by atoms with Crippen molar-refractivity contribution in [3.05, 3.63) is 17.0 Å². The van der Waals surface area contributed by atoms with Gasteiger partial charge in [0.2, 0.25) is 0 Å². The molecular weight excluding hydrogens is 164 g/mol. The fourth-order valence-electron chi connectivity index (χ4n) is 0.723. The van der Waals surface area contributed by atoms with E-state index in [4.69, 9.17) is 22.7 Å². The van der Waals surface area contributed by atoms with Gasteiger partial charge in [-0.25, -0.2) is 9.97 Å². The zero-order valence-electron chi connectivity index (χ0n) is 5.93. The highest BCUT2D eigenvalue weighted by Crippen LogP contribution is 2.16. The van der Waals surface area contributed by atoms with Gasteiger partial charge in [-0.05, 0) is 6.92 Å². The number of rotatable bonds is 1. The predicted molar refractivity (Wildman–Crippen MR) is 44.0 cm³/mol. The van der Waals surface area contributed by atoms with Crippen molar-refractivity contribution in [1.82, 2.24) is 9.97 Å². The monoisotopic (exact) mass is 170 g/mol. The van der Waals surface area contributed by atoms with Crippen LogP contribution in [0.5, 0.6) is 0 Å². The van der Waals surface area contributed by atoms with Crippen LogP contribution in [0.3, 0.4) is 0 Å². The quantitative estimate of drug-likeness (QED) is 0.490. The molecule has 0 radical (unpaired) electrons. The van der Waals surface area contributed by atoms with Gasteiger partial charge < -0.3 is 11.1 Å². The molecule has 0 aliphatic heterocycles. The smallest absolute Gasteiger partial charge is 0.143 e. The number of hydrogen-bond donors (Lipinski definition) is 2. The summed E-state index contributed by atoms with van der Waals surface area (Å²) >= 11 is 5.65. The van der Waals surface area contributed by atoms with E-state index in [0.717, 1.165) is 0 Å². The first-order valence-electron chi connectivity index (χ1n) is 2.94. The lowest BCUT2D eigenvalue weighted by molar-refractivity contribution is 1.16. The van der Waals surface area contributed by atoms with Gasteiger partial charge >= 0.3 is 0 Å². The Morgan fingerprint density at radius 1 is 1.64 bits per heavy atom. The standard InChI is InChI=1S/C6H7ClN4/c1-3(8)4-5(7)10-2-11-6(4)9/h2,8H,1H3,(H2,9,10,11). The lowest BCUT2D eigenvalue weighted by Crippen LogP contribution is -2.04. The first-order chi connectivity index (χ1) is 5.13. The van der Waals surface area contributed by atoms with Crippen LogP contribution in [-0.4, -0.2) is 15.7 Å². The molecule has 1 aromatic rings. The van der Waals surface area contributed by atoms with E-state index in [1.807, 2.05) is 0 Å². The van der Waals surface area contributed by atoms with Crippen molar-refractivity contribution in [1.29, 1.82) is 5.41 Å². The topological polar surface area (TPSA) is 75.7 Å². The normalized spacial score (nSPS) is 9.64. The van der Waals surface area contributed by atoms with Crippen molar-refractivity contribution in [3.8, 4) is 0 Å². The molecular formula is C6H7ClN4. The fraction of sp³-hybridized carbons (Fsp3) is 0.167. The summed E-state index contributed by atoms with van der Waals surface area (Å²) in [6.07, 6.45) is 1.27. The number of hydrogen-bond acceptors (Lipinski definition) is 4. The molecule has 0 aromatic carbocycles. The van der Waals surface area contributed by atoms with Gasteiger partial charge in [-0.1, -0.05) is 11.6 Å². The first-order valence-corrected chi connectivity index (χ1v) is 3.32. The van der Waals surface area contributed by atoms with Crippen molar-refractivity contribution >= 4 is 23.1 Å². The van der Waals surface area contributed by atoms with Crippen LogP contribution in [-0.2, 0) is 0 Å². The molecule has 1 aromatic heterocycles. The highest BCUT2D eigenvalue weighted by molar-refractivity contribution is 6.33. The number of nitrogens with zero attached hydrogens (tertiary/aromatic N) is 2. The second-order valence-corrected chi connectivity index (χ2v) is 2.41. The number of anilines is 1. The molecule has 0 saturated heterocycles. The molecule has 0 aliphatic rings. The summed E-state index contributed by atoms with van der Waals surface area (Å²) in [5.41, 5.74) is 6.13. The Morgan fingerprint density at radius 3 is 2.64 bits per heavy atom. The van der Waals surface area contributed by atoms with E-state index in [0.29, 0.717) is 5.56 Å². The van der Waals surface area contributed by atoms with E-state index < -0.39 is 0 Å². The van der Waals surface area contributed by atoms with Crippen LogP contribution < -0.4 is 5.73 Å². The van der Waals surface area contributed by atoms with Gasteiger partial charge in [0.25, 0.3) is 0 Å². The SMILES string of the molecule is CC(=N)c1c(N)ncnc1Cl. The summed E-state index contributed by atoms with van der Waals surface area (Å²) in [6, 6.07) is 0. The molecule has 0 amide bonds. The van der Waals surface area contributed by atoms with Crippen LogP contribution in [0.1, 0.15) is 12.5 Å². The number of nitrogens with one attached hydrogen (secondary N) is 1. The minimum Gasteiger partial charge on any atom is -0.383 e. The van der Waals surface area contributed by atoms with Gasteiger partial charge in [0.15, 0.2) is 0 Å². The molecule has 0 fully saturated rings. The zero-order chi connectivity index (χ0) is 8.43. The van der Waals surface area contributed by atoms with E-state index in [1.165, 1.54) is 6.33 Å². The van der Waals surface area contributed by atoms with Gasteiger partial charge in [0, 0.05) is 5.71 Å². The van der Waals surface area contributed by atoms with E-state index in [2.05, 4.69) is 9.97 Å². The molecule has 0 spiro atoms. The Kier molecular flexibility index (Phi) is 2.05. The van der Waals surface area contributed by atoms with Crippen molar-refractivity contribution in [3.63, 3.8) is 0 Å². The van der Waals surface area contributed by atoms with Crippen LogP contribution in [0, 0.1) is 5.41 Å². The second kappa shape index (κ2) is 2.84. The van der Waals surface area contributed by atoms with Crippen LogP contribution in [0.4, 0.5) is 5.82 Å². The average molecular weight is 171 g/mol. The third kappa shape index (κ3) is 1.46. The summed E-state index contributed by atoms with van der Waals surface area (Å²) in [6.45, 7) is 1.58. The molecule has 11 heavy (non-hydrogen) atoms. The summed E-state index contributed by atoms with van der Waals surface area (Å²) in [5, 5.41) is 7.50. The van der Waals surface area contributed by atoms with Crippen LogP contribution in [0.15, 0.2) is 6.33 Å². The predicted octanol–water partition coefficient (Wildman–Crippen LogP) is 1.10. The molecule has 3 N–H and O–H groups in total. The Hall–Kier alpha value is -1.16. The minimum atomic E-state index is 0.227. The Labute approximate surface area is 68.9 Å². The van der Waals surface area contributed by atoms with Gasteiger partial charge in [-0.3, -0.25) is 0 Å². The van der Waals surface area contributed by atoms with E-state index >= 15 is 0 Å². The van der Waals surface area contributed by atoms with Gasteiger partial charge in [0.05, 0.1) is 5.56 Å². The average Bonchev–Trinajstić information content (AvgIpc) is 1.85. The molecule has 58 valence electrons. The van der Waals surface area contributed by atoms with E-state index in [1.54, 1.807) is 6.92 Å². The number of aromatic nitrogens is 2. The van der Waals surface area contributed by atoms with Crippen molar-refractivity contribution in [2.24, 2.45) is 0 Å². The van der Waals surface area contributed by atoms with Crippen LogP contribution >= 0.6 is 11.6 Å². The zero-order valence-corrected chi connectivity index (χ0v) is 6.68.